The molecule has 2 unspecified atom stereocenters. The summed E-state index contributed by atoms with van der Waals surface area (Å²) in [4.78, 5) is 27.7. The molecule has 8 heteroatoms. The number of carbonyl (C=O) groups excluding carboxylic acids is 2. The van der Waals surface area contributed by atoms with Crippen LogP contribution in [0.3, 0.4) is 0 Å². The molecule has 0 fully saturated rings. The van der Waals surface area contributed by atoms with Gasteiger partial charge in [0.15, 0.2) is 0 Å². The Morgan fingerprint density at radius 1 is 1.09 bits per heavy atom. The van der Waals surface area contributed by atoms with Gasteiger partial charge in [-0.15, -0.1) is 11.8 Å². The number of halogens is 3. The van der Waals surface area contributed by atoms with Gasteiger partial charge < -0.3 is 10.2 Å². The highest BCUT2D eigenvalue weighted by Gasteiger charge is 2.29. The summed E-state index contributed by atoms with van der Waals surface area (Å²) in [5.41, 5.74) is 1.25. The monoisotopic (exact) mass is 498 g/mol. The smallest absolute Gasteiger partial charge is 0.243 e. The Morgan fingerprint density at radius 3 is 2.44 bits per heavy atom. The van der Waals surface area contributed by atoms with Crippen molar-refractivity contribution in [1.29, 1.82) is 0 Å². The van der Waals surface area contributed by atoms with Gasteiger partial charge in [-0.2, -0.15) is 0 Å². The third-order valence-corrected chi connectivity index (χ3v) is 6.74. The van der Waals surface area contributed by atoms with Gasteiger partial charge in [-0.1, -0.05) is 61.3 Å². The second-order valence-electron chi connectivity index (χ2n) is 7.58. The Hall–Kier alpha value is -1.76. The van der Waals surface area contributed by atoms with Gasteiger partial charge in [0, 0.05) is 28.4 Å². The number of benzene rings is 2. The van der Waals surface area contributed by atoms with Crippen molar-refractivity contribution in [3.8, 4) is 0 Å². The van der Waals surface area contributed by atoms with Crippen LogP contribution in [-0.4, -0.2) is 34.6 Å². The second-order valence-corrected chi connectivity index (χ2v) is 9.41. The van der Waals surface area contributed by atoms with Gasteiger partial charge in [-0.25, -0.2) is 4.39 Å². The summed E-state index contributed by atoms with van der Waals surface area (Å²) in [5, 5.41) is 3.91. The molecule has 2 atom stereocenters. The van der Waals surface area contributed by atoms with E-state index in [4.69, 9.17) is 23.2 Å². The fourth-order valence-corrected chi connectivity index (χ4v) is 4.51. The molecule has 174 valence electrons. The van der Waals surface area contributed by atoms with Gasteiger partial charge in [0.1, 0.15) is 11.9 Å². The third kappa shape index (κ3) is 7.68. The maximum Gasteiger partial charge on any atom is 0.243 e. The first-order valence-electron chi connectivity index (χ1n) is 10.6. The maximum absolute atomic E-state index is 13.9. The molecule has 0 aliphatic heterocycles. The van der Waals surface area contributed by atoms with E-state index in [0.29, 0.717) is 33.3 Å². The van der Waals surface area contributed by atoms with Crippen LogP contribution in [0.2, 0.25) is 10.0 Å². The van der Waals surface area contributed by atoms with E-state index in [1.807, 2.05) is 20.8 Å². The van der Waals surface area contributed by atoms with E-state index >= 15 is 0 Å². The number of nitrogens with one attached hydrogen (secondary N) is 1. The normalized spacial score (nSPS) is 12.8. The van der Waals surface area contributed by atoms with Gasteiger partial charge in [0.25, 0.3) is 0 Å². The minimum absolute atomic E-state index is 0.00283. The predicted molar refractivity (Wildman–Crippen MR) is 132 cm³/mol. The van der Waals surface area contributed by atoms with E-state index in [1.54, 1.807) is 41.3 Å². The Kier molecular flexibility index (Phi) is 10.8. The molecule has 0 saturated heterocycles. The molecule has 2 rings (SSSR count). The van der Waals surface area contributed by atoms with Crippen molar-refractivity contribution in [2.75, 3.05) is 5.75 Å². The van der Waals surface area contributed by atoms with E-state index in [2.05, 4.69) is 5.32 Å². The lowest BCUT2D eigenvalue weighted by Crippen LogP contribution is -2.51. The van der Waals surface area contributed by atoms with Crippen LogP contribution in [0.5, 0.6) is 0 Å². The Bertz CT molecular complexity index is 929. The van der Waals surface area contributed by atoms with E-state index in [-0.39, 0.29) is 36.0 Å². The van der Waals surface area contributed by atoms with Crippen molar-refractivity contribution in [3.63, 3.8) is 0 Å². The SMILES string of the molecule is CCC(C)NC(=O)C(CC)N(Cc1ccc(Cl)cc1Cl)C(=O)CSCc1ccccc1F. The number of carbonyl (C=O) groups is 2. The minimum Gasteiger partial charge on any atom is -0.352 e. The zero-order chi connectivity index (χ0) is 23.7. The molecule has 4 nitrogen and oxygen atoms in total. The van der Waals surface area contributed by atoms with E-state index in [0.717, 1.165) is 6.42 Å². The summed E-state index contributed by atoms with van der Waals surface area (Å²) in [6.45, 7) is 5.97. The van der Waals surface area contributed by atoms with Crippen molar-refractivity contribution in [1.82, 2.24) is 10.2 Å². The molecule has 0 spiro atoms. The third-order valence-electron chi connectivity index (χ3n) is 5.18. The van der Waals surface area contributed by atoms with Crippen LogP contribution in [-0.2, 0) is 21.9 Å². The van der Waals surface area contributed by atoms with Gasteiger partial charge >= 0.3 is 0 Å². The molecule has 32 heavy (non-hydrogen) atoms. The summed E-state index contributed by atoms with van der Waals surface area (Å²) < 4.78 is 13.9. The highest BCUT2D eigenvalue weighted by atomic mass is 35.5. The Labute approximate surface area is 203 Å². The molecule has 2 aromatic carbocycles. The van der Waals surface area contributed by atoms with Gasteiger partial charge in [0.05, 0.1) is 5.75 Å². The molecule has 0 aromatic heterocycles. The lowest BCUT2D eigenvalue weighted by molar-refractivity contribution is -0.139. The van der Waals surface area contributed by atoms with E-state index in [1.165, 1.54) is 17.8 Å². The number of rotatable bonds is 11. The topological polar surface area (TPSA) is 49.4 Å². The number of nitrogens with zero attached hydrogens (tertiary/aromatic N) is 1. The number of hydrogen-bond acceptors (Lipinski definition) is 3. The van der Waals surface area contributed by atoms with Gasteiger partial charge in [0.2, 0.25) is 11.8 Å². The number of thioether (sulfide) groups is 1. The first-order chi connectivity index (χ1) is 15.3. The predicted octanol–water partition coefficient (Wildman–Crippen LogP) is 6.09. The van der Waals surface area contributed by atoms with Crippen molar-refractivity contribution in [3.05, 3.63) is 69.5 Å². The Balaban J connectivity index is 2.20. The van der Waals surface area contributed by atoms with Crippen LogP contribution in [0, 0.1) is 5.82 Å². The maximum atomic E-state index is 13.9. The molecular formula is C24H29Cl2FN2O2S. The molecule has 2 aromatic rings. The summed E-state index contributed by atoms with van der Waals surface area (Å²) >= 11 is 13.7. The molecule has 0 aliphatic rings. The minimum atomic E-state index is -0.641. The molecule has 0 bridgehead atoms. The van der Waals surface area contributed by atoms with Crippen LogP contribution in [0.1, 0.15) is 44.7 Å². The van der Waals surface area contributed by atoms with Crippen LogP contribution in [0.4, 0.5) is 4.39 Å². The van der Waals surface area contributed by atoms with Crippen LogP contribution in [0.15, 0.2) is 42.5 Å². The van der Waals surface area contributed by atoms with Gasteiger partial charge in [-0.05, 0) is 49.1 Å². The zero-order valence-corrected chi connectivity index (χ0v) is 20.9. The molecule has 0 radical (unpaired) electrons. The average molecular weight is 499 g/mol. The summed E-state index contributed by atoms with van der Waals surface area (Å²) in [5.74, 6) is -0.212. The quantitative estimate of drug-likeness (QED) is 0.407. The molecule has 0 saturated carbocycles. The van der Waals surface area contributed by atoms with Crippen LogP contribution in [0.25, 0.3) is 0 Å². The average Bonchev–Trinajstić information content (AvgIpc) is 2.76. The second kappa shape index (κ2) is 13.1. The van der Waals surface area contributed by atoms with Crippen molar-refractivity contribution >= 4 is 46.8 Å². The molecule has 2 amide bonds. The van der Waals surface area contributed by atoms with Crippen LogP contribution < -0.4 is 5.32 Å². The summed E-state index contributed by atoms with van der Waals surface area (Å²) in [6, 6.07) is 10.9. The standard InChI is InChI=1S/C24H29Cl2FN2O2S/c1-4-16(3)28-24(31)22(5-2)29(13-17-10-11-19(25)12-20(17)26)23(30)15-32-14-18-8-6-7-9-21(18)27/h6-12,16,22H,4-5,13-15H2,1-3H3,(H,28,31). The molecule has 0 aliphatic carbocycles. The summed E-state index contributed by atoms with van der Waals surface area (Å²) in [6.07, 6.45) is 1.24. The zero-order valence-electron chi connectivity index (χ0n) is 18.5. The van der Waals surface area contributed by atoms with Gasteiger partial charge in [-0.3, -0.25) is 9.59 Å². The van der Waals surface area contributed by atoms with E-state index in [9.17, 15) is 14.0 Å². The highest BCUT2D eigenvalue weighted by molar-refractivity contribution is 7.99. The van der Waals surface area contributed by atoms with Crippen molar-refractivity contribution in [2.45, 2.75) is 58.0 Å². The van der Waals surface area contributed by atoms with E-state index < -0.39 is 6.04 Å². The lowest BCUT2D eigenvalue weighted by atomic mass is 10.1. The lowest BCUT2D eigenvalue weighted by Gasteiger charge is -2.31. The Morgan fingerprint density at radius 2 is 1.81 bits per heavy atom. The number of amides is 2. The number of hydrogen-bond donors (Lipinski definition) is 1. The molecular weight excluding hydrogens is 470 g/mol. The largest absolute Gasteiger partial charge is 0.352 e. The van der Waals surface area contributed by atoms with Crippen molar-refractivity contribution in [2.24, 2.45) is 0 Å². The summed E-state index contributed by atoms with van der Waals surface area (Å²) in [7, 11) is 0. The first kappa shape index (κ1) is 26.5. The van der Waals surface area contributed by atoms with Crippen LogP contribution >= 0.6 is 35.0 Å². The molecule has 1 N–H and O–H groups in total. The molecule has 0 heterocycles. The fourth-order valence-electron chi connectivity index (χ4n) is 3.14. The fraction of sp³-hybridized carbons (Fsp3) is 0.417. The van der Waals surface area contributed by atoms with Crippen molar-refractivity contribution < 1.29 is 14.0 Å². The highest BCUT2D eigenvalue weighted by Crippen LogP contribution is 2.25. The first-order valence-corrected chi connectivity index (χ1v) is 12.5.